The molecule has 0 atom stereocenters. The number of nitrogens with one attached hydrogen (secondary N) is 1. The number of sulfone groups is 1. The maximum absolute atomic E-state index is 11.6. The lowest BCUT2D eigenvalue weighted by Crippen LogP contribution is -2.20. The Hall–Kier alpha value is -0.750. The van der Waals surface area contributed by atoms with E-state index in [2.05, 4.69) is 10.3 Å². The summed E-state index contributed by atoms with van der Waals surface area (Å²) >= 11 is 1.99. The highest BCUT2D eigenvalue weighted by atomic mass is 32.2. The van der Waals surface area contributed by atoms with Crippen LogP contribution >= 0.6 is 11.8 Å². The highest BCUT2D eigenvalue weighted by molar-refractivity contribution is 7.99. The molecule has 0 aromatic carbocycles. The van der Waals surface area contributed by atoms with Crippen LogP contribution < -0.4 is 5.32 Å². The molecule has 1 aliphatic heterocycles. The largest absolute Gasteiger partial charge is 0.369 e. The molecule has 1 aliphatic rings. The number of anilines is 1. The molecule has 1 aromatic heterocycles. The Balaban J connectivity index is 2.05. The van der Waals surface area contributed by atoms with Crippen molar-refractivity contribution in [2.45, 2.75) is 17.7 Å². The van der Waals surface area contributed by atoms with Crippen LogP contribution in [0.2, 0.25) is 0 Å². The lowest BCUT2D eigenvalue weighted by Gasteiger charge is -2.22. The van der Waals surface area contributed by atoms with Crippen LogP contribution in [0.5, 0.6) is 0 Å². The summed E-state index contributed by atoms with van der Waals surface area (Å²) in [7, 11) is -3.22. The van der Waals surface area contributed by atoms with Crippen LogP contribution in [0.15, 0.2) is 23.2 Å². The molecule has 0 spiro atoms. The van der Waals surface area contributed by atoms with E-state index in [0.717, 1.165) is 6.54 Å². The van der Waals surface area contributed by atoms with E-state index in [1.54, 1.807) is 18.3 Å². The summed E-state index contributed by atoms with van der Waals surface area (Å²) in [6.45, 7) is 0.806. The molecule has 2 rings (SSSR count). The van der Waals surface area contributed by atoms with Crippen molar-refractivity contribution in [2.75, 3.05) is 29.6 Å². The molecule has 2 heterocycles. The van der Waals surface area contributed by atoms with Gasteiger partial charge in [-0.2, -0.15) is 11.8 Å². The minimum atomic E-state index is -3.22. The summed E-state index contributed by atoms with van der Waals surface area (Å²) in [6.07, 6.45) is 5.22. The number of pyridine rings is 1. The second-order valence-corrected chi connectivity index (χ2v) is 7.77. The molecule has 4 nitrogen and oxygen atoms in total. The predicted molar refractivity (Wildman–Crippen MR) is 75.9 cm³/mol. The molecular weight excluding hydrogens is 268 g/mol. The molecule has 0 amide bonds. The highest BCUT2D eigenvalue weighted by Crippen LogP contribution is 2.24. The lowest BCUT2D eigenvalue weighted by atomic mass is 10.0. The number of hydrogen-bond donors (Lipinski definition) is 1. The van der Waals surface area contributed by atoms with Crippen LogP contribution in [0, 0.1) is 5.92 Å². The smallest absolute Gasteiger partial charge is 0.179 e. The highest BCUT2D eigenvalue weighted by Gasteiger charge is 2.17. The predicted octanol–water partition coefficient (Wildman–Crippen LogP) is 2.04. The van der Waals surface area contributed by atoms with Gasteiger partial charge in [0.1, 0.15) is 10.7 Å². The van der Waals surface area contributed by atoms with Crippen LogP contribution in [0.3, 0.4) is 0 Å². The van der Waals surface area contributed by atoms with Crippen molar-refractivity contribution in [3.63, 3.8) is 0 Å². The number of rotatable bonds is 4. The van der Waals surface area contributed by atoms with Gasteiger partial charge in [0.15, 0.2) is 9.84 Å². The van der Waals surface area contributed by atoms with Gasteiger partial charge in [0.05, 0.1) is 0 Å². The Morgan fingerprint density at radius 2 is 2.17 bits per heavy atom. The standard InChI is InChI=1S/C12H18N2O2S2/c1-18(15,16)11-3-2-6-13-12(11)14-9-10-4-7-17-8-5-10/h2-3,6,10H,4-5,7-9H2,1H3,(H,13,14). The van der Waals surface area contributed by atoms with Gasteiger partial charge in [-0.05, 0) is 42.4 Å². The van der Waals surface area contributed by atoms with E-state index in [9.17, 15) is 8.42 Å². The van der Waals surface area contributed by atoms with Crippen LogP contribution in [-0.2, 0) is 9.84 Å². The minimum Gasteiger partial charge on any atom is -0.369 e. The van der Waals surface area contributed by atoms with Crippen molar-refractivity contribution in [3.8, 4) is 0 Å². The Kier molecular flexibility index (Phi) is 4.50. The van der Waals surface area contributed by atoms with E-state index in [-0.39, 0.29) is 4.90 Å². The van der Waals surface area contributed by atoms with Gasteiger partial charge in [-0.3, -0.25) is 0 Å². The van der Waals surface area contributed by atoms with E-state index in [0.29, 0.717) is 11.7 Å². The topological polar surface area (TPSA) is 59.1 Å². The molecule has 0 unspecified atom stereocenters. The molecule has 100 valence electrons. The Morgan fingerprint density at radius 1 is 1.44 bits per heavy atom. The van der Waals surface area contributed by atoms with Gasteiger partial charge in [-0.25, -0.2) is 13.4 Å². The molecule has 1 N–H and O–H groups in total. The van der Waals surface area contributed by atoms with Crippen molar-refractivity contribution in [2.24, 2.45) is 5.92 Å². The average molecular weight is 286 g/mol. The number of aromatic nitrogens is 1. The van der Waals surface area contributed by atoms with E-state index in [1.165, 1.54) is 30.6 Å². The first-order valence-electron chi connectivity index (χ1n) is 6.04. The minimum absolute atomic E-state index is 0.287. The molecule has 0 bridgehead atoms. The lowest BCUT2D eigenvalue weighted by molar-refractivity contribution is 0.515. The van der Waals surface area contributed by atoms with E-state index >= 15 is 0 Å². The Morgan fingerprint density at radius 3 is 2.83 bits per heavy atom. The molecule has 6 heteroatoms. The van der Waals surface area contributed by atoms with E-state index in [4.69, 9.17) is 0 Å². The molecule has 0 radical (unpaired) electrons. The van der Waals surface area contributed by atoms with Gasteiger partial charge in [0.2, 0.25) is 0 Å². The van der Waals surface area contributed by atoms with E-state index in [1.807, 2.05) is 11.8 Å². The first-order chi connectivity index (χ1) is 8.57. The maximum Gasteiger partial charge on any atom is 0.179 e. The van der Waals surface area contributed by atoms with Gasteiger partial charge < -0.3 is 5.32 Å². The quantitative estimate of drug-likeness (QED) is 0.918. The Labute approximate surface area is 112 Å². The number of nitrogens with zero attached hydrogens (tertiary/aromatic N) is 1. The van der Waals surface area contributed by atoms with Crippen molar-refractivity contribution < 1.29 is 8.42 Å². The molecule has 0 saturated carbocycles. The number of hydrogen-bond acceptors (Lipinski definition) is 5. The zero-order chi connectivity index (χ0) is 13.0. The van der Waals surface area contributed by atoms with Gasteiger partial charge >= 0.3 is 0 Å². The fourth-order valence-electron chi connectivity index (χ4n) is 2.01. The van der Waals surface area contributed by atoms with Crippen LogP contribution in [0.4, 0.5) is 5.82 Å². The second kappa shape index (κ2) is 5.93. The first kappa shape index (κ1) is 13.7. The van der Waals surface area contributed by atoms with Crippen molar-refractivity contribution >= 4 is 27.4 Å². The third kappa shape index (κ3) is 3.62. The third-order valence-electron chi connectivity index (χ3n) is 3.07. The number of thioether (sulfide) groups is 1. The van der Waals surface area contributed by atoms with Crippen LogP contribution in [0.25, 0.3) is 0 Å². The molecule has 0 aliphatic carbocycles. The summed E-state index contributed by atoms with van der Waals surface area (Å²) in [4.78, 5) is 4.42. The summed E-state index contributed by atoms with van der Waals surface area (Å²) in [6, 6.07) is 3.25. The van der Waals surface area contributed by atoms with Gasteiger partial charge in [0.25, 0.3) is 0 Å². The molecule has 18 heavy (non-hydrogen) atoms. The van der Waals surface area contributed by atoms with Crippen molar-refractivity contribution in [1.29, 1.82) is 0 Å². The van der Waals surface area contributed by atoms with Gasteiger partial charge in [-0.1, -0.05) is 0 Å². The van der Waals surface area contributed by atoms with E-state index < -0.39 is 9.84 Å². The zero-order valence-electron chi connectivity index (χ0n) is 10.4. The van der Waals surface area contributed by atoms with Gasteiger partial charge in [-0.15, -0.1) is 0 Å². The zero-order valence-corrected chi connectivity index (χ0v) is 12.1. The summed E-state index contributed by atoms with van der Waals surface area (Å²) in [5, 5.41) is 3.19. The van der Waals surface area contributed by atoms with Crippen molar-refractivity contribution in [3.05, 3.63) is 18.3 Å². The van der Waals surface area contributed by atoms with Crippen LogP contribution in [-0.4, -0.2) is 37.7 Å². The molecule has 1 aromatic rings. The fourth-order valence-corrected chi connectivity index (χ4v) is 4.02. The normalized spacial score (nSPS) is 17.6. The average Bonchev–Trinajstić information content (AvgIpc) is 2.37. The SMILES string of the molecule is CS(=O)(=O)c1cccnc1NCC1CCSCC1. The molecular formula is C12H18N2O2S2. The molecule has 1 saturated heterocycles. The second-order valence-electron chi connectivity index (χ2n) is 4.56. The monoisotopic (exact) mass is 286 g/mol. The Bertz CT molecular complexity index is 497. The van der Waals surface area contributed by atoms with Gasteiger partial charge in [0, 0.05) is 19.0 Å². The summed E-state index contributed by atoms with van der Waals surface area (Å²) < 4.78 is 23.2. The first-order valence-corrected chi connectivity index (χ1v) is 9.08. The van der Waals surface area contributed by atoms with Crippen molar-refractivity contribution in [1.82, 2.24) is 4.98 Å². The summed E-state index contributed by atoms with van der Waals surface area (Å²) in [5.41, 5.74) is 0. The molecule has 1 fully saturated rings. The fraction of sp³-hybridized carbons (Fsp3) is 0.583. The third-order valence-corrected chi connectivity index (χ3v) is 5.25. The maximum atomic E-state index is 11.6. The summed E-state index contributed by atoms with van der Waals surface area (Å²) in [5.74, 6) is 3.51. The van der Waals surface area contributed by atoms with Crippen LogP contribution in [0.1, 0.15) is 12.8 Å².